The van der Waals surface area contributed by atoms with Crippen LogP contribution in [0, 0.1) is 11.2 Å². The van der Waals surface area contributed by atoms with Crippen LogP contribution in [0.5, 0.6) is 0 Å². The number of aromatic amines is 1. The molecular formula is C27H29FN8O3. The highest BCUT2D eigenvalue weighted by Crippen LogP contribution is 2.35. The van der Waals surface area contributed by atoms with Gasteiger partial charge in [-0.1, -0.05) is 6.07 Å². The molecule has 1 amide bonds. The van der Waals surface area contributed by atoms with Gasteiger partial charge in [0.2, 0.25) is 18.1 Å². The number of nitrogens with one attached hydrogen (secondary N) is 3. The lowest BCUT2D eigenvalue weighted by atomic mass is 9.91. The summed E-state index contributed by atoms with van der Waals surface area (Å²) in [6.07, 6.45) is 2.52. The van der Waals surface area contributed by atoms with Crippen molar-refractivity contribution >= 4 is 11.9 Å². The smallest absolute Gasteiger partial charge is 0.230 e. The van der Waals surface area contributed by atoms with Crippen molar-refractivity contribution in [1.29, 1.82) is 0 Å². The van der Waals surface area contributed by atoms with E-state index in [0.717, 1.165) is 5.69 Å². The van der Waals surface area contributed by atoms with E-state index in [2.05, 4.69) is 30.6 Å². The number of halogens is 1. The number of ether oxygens (including phenoxy) is 2. The molecule has 0 atom stereocenters. The van der Waals surface area contributed by atoms with Crippen molar-refractivity contribution in [3.8, 4) is 22.6 Å². The maximum Gasteiger partial charge on any atom is 0.230 e. The number of carbonyl (C=O) groups excluding carboxylic acids is 1. The van der Waals surface area contributed by atoms with Crippen LogP contribution in [-0.4, -0.2) is 57.1 Å². The molecule has 0 radical (unpaired) electrons. The largest absolute Gasteiger partial charge is 0.354 e. The Hall–Kier alpha value is -4.26. The van der Waals surface area contributed by atoms with Crippen molar-refractivity contribution in [2.45, 2.75) is 19.8 Å². The second kappa shape index (κ2) is 11.6. The fourth-order valence-electron chi connectivity index (χ4n) is 4.06. The van der Waals surface area contributed by atoms with Crippen LogP contribution in [0.15, 0.2) is 60.9 Å². The van der Waals surface area contributed by atoms with Crippen LogP contribution in [0.3, 0.4) is 0 Å². The number of nitrogens with two attached hydrogens (primary N) is 1. The summed E-state index contributed by atoms with van der Waals surface area (Å²) in [5.41, 5.74) is 7.85. The number of anilines is 1. The van der Waals surface area contributed by atoms with E-state index >= 15 is 0 Å². The van der Waals surface area contributed by atoms with Crippen LogP contribution in [0.2, 0.25) is 0 Å². The van der Waals surface area contributed by atoms with Crippen molar-refractivity contribution in [3.05, 3.63) is 78.3 Å². The number of amides is 1. The summed E-state index contributed by atoms with van der Waals surface area (Å²) in [5, 5.41) is 5.96. The summed E-state index contributed by atoms with van der Waals surface area (Å²) in [7, 11) is 0. The molecular weight excluding hydrogens is 503 g/mol. The number of aromatic nitrogens is 5. The van der Waals surface area contributed by atoms with Gasteiger partial charge in [0.25, 0.3) is 0 Å². The molecule has 0 unspecified atom stereocenters. The molecule has 4 heterocycles. The normalized spacial score (nSPS) is 19.0. The van der Waals surface area contributed by atoms with Crippen LogP contribution < -0.4 is 16.4 Å². The fraction of sp³-hybridized carbons (Fsp3) is 0.296. The lowest BCUT2D eigenvalue weighted by Gasteiger charge is -2.35. The first-order valence-electron chi connectivity index (χ1n) is 12.5. The SMILES string of the molecule is CC1(C(=O)NCCN)COC(c2nc(-c3ccc(F)cc3)c(-c3ccnc(NCc4ccccn4)n3)[nH]2)OC1. The van der Waals surface area contributed by atoms with E-state index in [4.69, 9.17) is 20.2 Å². The van der Waals surface area contributed by atoms with Crippen LogP contribution >= 0.6 is 0 Å². The molecule has 1 aliphatic heterocycles. The Bertz CT molecular complexity index is 1410. The van der Waals surface area contributed by atoms with Gasteiger partial charge in [-0.05, 0) is 49.4 Å². The molecule has 4 aromatic rings. The third kappa shape index (κ3) is 6.08. The average molecular weight is 533 g/mol. The standard InChI is InChI=1S/C27H29FN8O3/c1-27(25(37)31-13-10-29)15-38-24(39-16-27)23-35-21(17-5-7-18(28)8-6-17)22(36-23)20-9-12-32-26(34-20)33-14-19-4-2-3-11-30-19/h2-9,11-12,24H,10,13-16,29H2,1H3,(H,31,37)(H,35,36)(H,32,33,34). The van der Waals surface area contributed by atoms with Crippen molar-refractivity contribution in [3.63, 3.8) is 0 Å². The number of nitrogens with zero attached hydrogens (tertiary/aromatic N) is 4. The molecule has 5 rings (SSSR count). The molecule has 1 aliphatic rings. The molecule has 202 valence electrons. The van der Waals surface area contributed by atoms with E-state index in [1.807, 2.05) is 18.2 Å². The molecule has 1 saturated heterocycles. The molecule has 12 heteroatoms. The third-order valence-corrected chi connectivity index (χ3v) is 6.21. The number of carbonyl (C=O) groups is 1. The first-order valence-corrected chi connectivity index (χ1v) is 12.5. The second-order valence-corrected chi connectivity index (χ2v) is 9.35. The molecule has 11 nitrogen and oxygen atoms in total. The minimum Gasteiger partial charge on any atom is -0.354 e. The van der Waals surface area contributed by atoms with Gasteiger partial charge in [-0.2, -0.15) is 0 Å². The zero-order chi connectivity index (χ0) is 27.2. The number of hydrogen-bond acceptors (Lipinski definition) is 9. The Balaban J connectivity index is 1.41. The van der Waals surface area contributed by atoms with Gasteiger partial charge < -0.3 is 30.8 Å². The average Bonchev–Trinajstić information content (AvgIpc) is 3.42. The third-order valence-electron chi connectivity index (χ3n) is 6.21. The Morgan fingerprint density at radius 3 is 2.62 bits per heavy atom. The van der Waals surface area contributed by atoms with Gasteiger partial charge in [0.05, 0.1) is 47.9 Å². The van der Waals surface area contributed by atoms with Gasteiger partial charge in [-0.3, -0.25) is 9.78 Å². The summed E-state index contributed by atoms with van der Waals surface area (Å²) in [4.78, 5) is 33.8. The number of H-pyrrole nitrogens is 1. The summed E-state index contributed by atoms with van der Waals surface area (Å²) < 4.78 is 25.5. The predicted molar refractivity (Wildman–Crippen MR) is 141 cm³/mol. The highest BCUT2D eigenvalue weighted by atomic mass is 19.1. The van der Waals surface area contributed by atoms with E-state index in [9.17, 15) is 9.18 Å². The molecule has 0 saturated carbocycles. The van der Waals surface area contributed by atoms with E-state index in [-0.39, 0.29) is 24.9 Å². The zero-order valence-electron chi connectivity index (χ0n) is 21.4. The monoisotopic (exact) mass is 532 g/mol. The summed E-state index contributed by atoms with van der Waals surface area (Å²) in [6.45, 7) is 3.20. The second-order valence-electron chi connectivity index (χ2n) is 9.35. The summed E-state index contributed by atoms with van der Waals surface area (Å²) in [6, 6.07) is 13.4. The minimum absolute atomic E-state index is 0.130. The van der Waals surface area contributed by atoms with Crippen molar-refractivity contribution in [2.24, 2.45) is 11.1 Å². The number of hydrogen-bond donors (Lipinski definition) is 4. The number of benzene rings is 1. The van der Waals surface area contributed by atoms with Gasteiger partial charge in [0, 0.05) is 31.0 Å². The van der Waals surface area contributed by atoms with Crippen LogP contribution in [0.25, 0.3) is 22.6 Å². The van der Waals surface area contributed by atoms with E-state index in [1.54, 1.807) is 37.5 Å². The summed E-state index contributed by atoms with van der Waals surface area (Å²) >= 11 is 0. The Labute approximate surface area is 224 Å². The zero-order valence-corrected chi connectivity index (χ0v) is 21.4. The molecule has 0 aliphatic carbocycles. The molecule has 0 spiro atoms. The van der Waals surface area contributed by atoms with Gasteiger partial charge in [-0.15, -0.1) is 0 Å². The van der Waals surface area contributed by atoms with Crippen LogP contribution in [0.4, 0.5) is 10.3 Å². The Kier molecular flexibility index (Phi) is 7.87. The van der Waals surface area contributed by atoms with Crippen LogP contribution in [-0.2, 0) is 20.8 Å². The highest BCUT2D eigenvalue weighted by molar-refractivity contribution is 5.82. The first-order chi connectivity index (χ1) is 18.9. The molecule has 1 fully saturated rings. The Morgan fingerprint density at radius 2 is 1.90 bits per heavy atom. The van der Waals surface area contributed by atoms with E-state index < -0.39 is 11.7 Å². The van der Waals surface area contributed by atoms with Crippen molar-refractivity contribution in [2.75, 3.05) is 31.6 Å². The van der Waals surface area contributed by atoms with E-state index in [1.165, 1.54) is 12.1 Å². The van der Waals surface area contributed by atoms with E-state index in [0.29, 0.717) is 54.1 Å². The maximum atomic E-state index is 13.7. The fourth-order valence-corrected chi connectivity index (χ4v) is 4.06. The predicted octanol–water partition coefficient (Wildman–Crippen LogP) is 2.81. The first kappa shape index (κ1) is 26.4. The lowest BCUT2D eigenvalue weighted by Crippen LogP contribution is -2.49. The minimum atomic E-state index is -0.859. The molecule has 3 aromatic heterocycles. The quantitative estimate of drug-likeness (QED) is 0.255. The number of imidazole rings is 1. The molecule has 5 N–H and O–H groups in total. The van der Waals surface area contributed by atoms with Crippen molar-refractivity contribution in [1.82, 2.24) is 30.2 Å². The molecule has 1 aromatic carbocycles. The van der Waals surface area contributed by atoms with Crippen molar-refractivity contribution < 1.29 is 18.7 Å². The number of pyridine rings is 1. The summed E-state index contributed by atoms with van der Waals surface area (Å²) in [5.74, 6) is 0.259. The lowest BCUT2D eigenvalue weighted by molar-refractivity contribution is -0.231. The van der Waals surface area contributed by atoms with Gasteiger partial charge >= 0.3 is 0 Å². The maximum absolute atomic E-state index is 13.7. The molecule has 39 heavy (non-hydrogen) atoms. The van der Waals surface area contributed by atoms with Gasteiger partial charge in [0.15, 0.2) is 5.82 Å². The Morgan fingerprint density at radius 1 is 1.10 bits per heavy atom. The van der Waals surface area contributed by atoms with Gasteiger partial charge in [-0.25, -0.2) is 19.3 Å². The highest BCUT2D eigenvalue weighted by Gasteiger charge is 2.40. The van der Waals surface area contributed by atoms with Gasteiger partial charge in [0.1, 0.15) is 5.82 Å². The van der Waals surface area contributed by atoms with Crippen LogP contribution in [0.1, 0.15) is 24.7 Å². The topological polar surface area (TPSA) is 153 Å². The number of rotatable bonds is 9. The molecule has 0 bridgehead atoms.